The van der Waals surface area contributed by atoms with Crippen LogP contribution in [-0.2, 0) is 27.4 Å². The van der Waals surface area contributed by atoms with E-state index in [9.17, 15) is 21.6 Å². The fourth-order valence-corrected chi connectivity index (χ4v) is 4.74. The topological polar surface area (TPSA) is 77.3 Å². The molecule has 0 atom stereocenters. The van der Waals surface area contributed by atoms with Gasteiger partial charge in [0.15, 0.2) is 0 Å². The van der Waals surface area contributed by atoms with Gasteiger partial charge >= 0.3 is 6.18 Å². The quantitative estimate of drug-likeness (QED) is 0.721. The van der Waals surface area contributed by atoms with Crippen molar-refractivity contribution in [1.82, 2.24) is 19.1 Å². The van der Waals surface area contributed by atoms with Gasteiger partial charge in [-0.1, -0.05) is 0 Å². The standard InChI is InChI=1S/C17H21F3N4O3S/c1-27-11-8-16-22-21-12-24(16)14-6-9-23(10-7-14)28(25,26)15-4-2-13(3-5-15)17(18,19)20/h2-5,12,14H,6-11H2,1H3. The number of hydrogen-bond donors (Lipinski definition) is 0. The fraction of sp³-hybridized carbons (Fsp3) is 0.529. The van der Waals surface area contributed by atoms with E-state index in [4.69, 9.17) is 4.74 Å². The Bertz CT molecular complexity index is 889. The second-order valence-corrected chi connectivity index (χ2v) is 8.49. The highest BCUT2D eigenvalue weighted by Gasteiger charge is 2.33. The van der Waals surface area contributed by atoms with E-state index < -0.39 is 21.8 Å². The number of sulfonamides is 1. The summed E-state index contributed by atoms with van der Waals surface area (Å²) in [5, 5.41) is 8.01. The first-order chi connectivity index (χ1) is 13.2. The molecule has 3 rings (SSSR count). The number of aromatic nitrogens is 3. The van der Waals surface area contributed by atoms with Gasteiger partial charge in [-0.2, -0.15) is 17.5 Å². The lowest BCUT2D eigenvalue weighted by Crippen LogP contribution is -2.39. The van der Waals surface area contributed by atoms with Gasteiger partial charge in [-0.05, 0) is 37.1 Å². The zero-order valence-corrected chi connectivity index (χ0v) is 16.1. The van der Waals surface area contributed by atoms with Crippen molar-refractivity contribution in [2.45, 2.75) is 36.4 Å². The molecule has 1 fully saturated rings. The number of ether oxygens (including phenoxy) is 1. The summed E-state index contributed by atoms with van der Waals surface area (Å²) in [6.07, 6.45) is -1.12. The van der Waals surface area contributed by atoms with E-state index in [1.165, 1.54) is 4.31 Å². The molecule has 1 aromatic heterocycles. The van der Waals surface area contributed by atoms with Gasteiger partial charge in [0.1, 0.15) is 12.2 Å². The largest absolute Gasteiger partial charge is 0.416 e. The summed E-state index contributed by atoms with van der Waals surface area (Å²) in [4.78, 5) is -0.135. The summed E-state index contributed by atoms with van der Waals surface area (Å²) in [6.45, 7) is 1.06. The first-order valence-corrected chi connectivity index (χ1v) is 10.2. The van der Waals surface area contributed by atoms with Gasteiger partial charge in [0.2, 0.25) is 10.0 Å². The molecule has 0 N–H and O–H groups in total. The SMILES string of the molecule is COCCc1nncn1C1CCN(S(=O)(=O)c2ccc(C(F)(F)F)cc2)CC1. The zero-order valence-electron chi connectivity index (χ0n) is 15.3. The van der Waals surface area contributed by atoms with E-state index in [0.29, 0.717) is 25.9 Å². The number of methoxy groups -OCH3 is 1. The molecule has 0 aliphatic carbocycles. The molecule has 154 valence electrons. The summed E-state index contributed by atoms with van der Waals surface area (Å²) < 4.78 is 71.8. The molecule has 0 bridgehead atoms. The van der Waals surface area contributed by atoms with Crippen LogP contribution in [0.5, 0.6) is 0 Å². The molecule has 11 heteroatoms. The Hall–Kier alpha value is -1.98. The summed E-state index contributed by atoms with van der Waals surface area (Å²) in [5.74, 6) is 0.783. The minimum atomic E-state index is -4.50. The van der Waals surface area contributed by atoms with Gasteiger partial charge in [-0.25, -0.2) is 8.42 Å². The molecule has 7 nitrogen and oxygen atoms in total. The molecular formula is C17H21F3N4O3S. The molecule has 1 aliphatic heterocycles. The number of halogens is 3. The van der Waals surface area contributed by atoms with Gasteiger partial charge < -0.3 is 9.30 Å². The van der Waals surface area contributed by atoms with E-state index in [1.54, 1.807) is 13.4 Å². The normalized spacial score (nSPS) is 17.1. The highest BCUT2D eigenvalue weighted by Crippen LogP contribution is 2.31. The van der Waals surface area contributed by atoms with E-state index in [2.05, 4.69) is 10.2 Å². The number of nitrogens with zero attached hydrogens (tertiary/aromatic N) is 4. The van der Waals surface area contributed by atoms with Crippen molar-refractivity contribution in [3.8, 4) is 0 Å². The summed E-state index contributed by atoms with van der Waals surface area (Å²) in [6, 6.07) is 3.67. The van der Waals surface area contributed by atoms with Crippen LogP contribution in [0.3, 0.4) is 0 Å². The van der Waals surface area contributed by atoms with Gasteiger partial charge in [0.25, 0.3) is 0 Å². The first kappa shape index (κ1) is 20.7. The first-order valence-electron chi connectivity index (χ1n) is 8.78. The Labute approximate surface area is 161 Å². The predicted octanol–water partition coefficient (Wildman–Crippen LogP) is 2.51. The number of hydrogen-bond acceptors (Lipinski definition) is 5. The van der Waals surface area contributed by atoms with Crippen LogP contribution < -0.4 is 0 Å². The zero-order chi connectivity index (χ0) is 20.4. The van der Waals surface area contributed by atoms with Crippen LogP contribution in [0, 0.1) is 0 Å². The maximum Gasteiger partial charge on any atom is 0.416 e. The second kappa shape index (κ2) is 8.18. The minimum Gasteiger partial charge on any atom is -0.384 e. The van der Waals surface area contributed by atoms with Crippen LogP contribution in [0.2, 0.25) is 0 Å². The number of rotatable bonds is 6. The molecule has 2 heterocycles. The third kappa shape index (κ3) is 4.36. The van der Waals surface area contributed by atoms with E-state index in [1.807, 2.05) is 4.57 Å². The summed E-state index contributed by atoms with van der Waals surface area (Å²) in [5.41, 5.74) is -0.874. The summed E-state index contributed by atoms with van der Waals surface area (Å²) in [7, 11) is -2.23. The van der Waals surface area contributed by atoms with Gasteiger partial charge in [-0.3, -0.25) is 0 Å². The maximum absolute atomic E-state index is 12.7. The highest BCUT2D eigenvalue weighted by atomic mass is 32.2. The monoisotopic (exact) mass is 418 g/mol. The predicted molar refractivity (Wildman–Crippen MR) is 94.1 cm³/mol. The highest BCUT2D eigenvalue weighted by molar-refractivity contribution is 7.89. The molecule has 0 spiro atoms. The van der Waals surface area contributed by atoms with Crippen molar-refractivity contribution in [3.63, 3.8) is 0 Å². The van der Waals surface area contributed by atoms with E-state index >= 15 is 0 Å². The van der Waals surface area contributed by atoms with Gasteiger partial charge in [0.05, 0.1) is 17.1 Å². The fourth-order valence-electron chi connectivity index (χ4n) is 3.27. The number of piperidine rings is 1. The van der Waals surface area contributed by atoms with Crippen molar-refractivity contribution in [3.05, 3.63) is 42.0 Å². The lowest BCUT2D eigenvalue weighted by atomic mass is 10.1. The molecule has 0 amide bonds. The molecule has 0 radical (unpaired) electrons. The maximum atomic E-state index is 12.7. The van der Waals surface area contributed by atoms with Crippen molar-refractivity contribution < 1.29 is 26.3 Å². The third-order valence-corrected chi connectivity index (χ3v) is 6.73. The van der Waals surface area contributed by atoms with Gasteiger partial charge in [-0.15, -0.1) is 10.2 Å². The molecule has 0 unspecified atom stereocenters. The second-order valence-electron chi connectivity index (χ2n) is 6.55. The third-order valence-electron chi connectivity index (χ3n) is 4.81. The Morgan fingerprint density at radius 2 is 1.82 bits per heavy atom. The lowest BCUT2D eigenvalue weighted by molar-refractivity contribution is -0.137. The molecule has 28 heavy (non-hydrogen) atoms. The van der Waals surface area contributed by atoms with Crippen molar-refractivity contribution >= 4 is 10.0 Å². The van der Waals surface area contributed by atoms with Crippen molar-refractivity contribution in [2.24, 2.45) is 0 Å². The molecule has 0 saturated carbocycles. The van der Waals surface area contributed by atoms with Crippen LogP contribution in [0.25, 0.3) is 0 Å². The van der Waals surface area contributed by atoms with Crippen molar-refractivity contribution in [1.29, 1.82) is 0 Å². The van der Waals surface area contributed by atoms with E-state index in [0.717, 1.165) is 30.1 Å². The van der Waals surface area contributed by atoms with Crippen LogP contribution in [0.4, 0.5) is 13.2 Å². The Kier molecular flexibility index (Phi) is 6.06. The number of benzene rings is 1. The molecular weight excluding hydrogens is 397 g/mol. The van der Waals surface area contributed by atoms with Crippen LogP contribution in [-0.4, -0.2) is 54.3 Å². The lowest BCUT2D eigenvalue weighted by Gasteiger charge is -2.32. The minimum absolute atomic E-state index is 0.0703. The van der Waals surface area contributed by atoms with Crippen LogP contribution >= 0.6 is 0 Å². The van der Waals surface area contributed by atoms with Crippen molar-refractivity contribution in [2.75, 3.05) is 26.8 Å². The Morgan fingerprint density at radius 1 is 1.18 bits per heavy atom. The van der Waals surface area contributed by atoms with Gasteiger partial charge in [0, 0.05) is 32.7 Å². The smallest absolute Gasteiger partial charge is 0.384 e. The molecule has 2 aromatic rings. The van der Waals surface area contributed by atoms with E-state index in [-0.39, 0.29) is 24.0 Å². The molecule has 1 aliphatic rings. The number of alkyl halides is 3. The van der Waals surface area contributed by atoms with Crippen LogP contribution in [0.15, 0.2) is 35.5 Å². The molecule has 1 saturated heterocycles. The van der Waals surface area contributed by atoms with Crippen LogP contribution in [0.1, 0.15) is 30.3 Å². The Morgan fingerprint density at radius 3 is 2.39 bits per heavy atom. The Balaban J connectivity index is 1.68. The average molecular weight is 418 g/mol. The molecule has 1 aromatic carbocycles. The average Bonchev–Trinajstić information content (AvgIpc) is 3.14. The summed E-state index contributed by atoms with van der Waals surface area (Å²) >= 11 is 0.